The van der Waals surface area contributed by atoms with Crippen molar-refractivity contribution in [1.82, 2.24) is 20.3 Å². The molecule has 0 aliphatic heterocycles. The Morgan fingerprint density at radius 2 is 2.14 bits per heavy atom. The molecule has 0 aliphatic rings. The Bertz CT molecular complexity index is 815. The first-order valence-corrected chi connectivity index (χ1v) is 6.72. The molecule has 0 fully saturated rings. The highest BCUT2D eigenvalue weighted by atomic mass is 16.3. The van der Waals surface area contributed by atoms with Gasteiger partial charge in [0.05, 0.1) is 6.33 Å². The van der Waals surface area contributed by atoms with E-state index in [1.807, 2.05) is 0 Å². The van der Waals surface area contributed by atoms with Crippen LogP contribution in [0.1, 0.15) is 16.2 Å². The number of phenols is 1. The number of carbonyl (C=O) groups excluding carboxylic acids is 1. The number of benzene rings is 1. The van der Waals surface area contributed by atoms with Gasteiger partial charge in [0.2, 0.25) is 0 Å². The molecule has 7 nitrogen and oxygen atoms in total. The zero-order valence-corrected chi connectivity index (χ0v) is 11.6. The van der Waals surface area contributed by atoms with Crippen LogP contribution in [0.3, 0.4) is 0 Å². The molecule has 3 aromatic rings. The molecular formula is C15H14N4O3. The molecule has 0 radical (unpaired) electrons. The summed E-state index contributed by atoms with van der Waals surface area (Å²) in [6.07, 6.45) is 3.86. The number of H-pyrrole nitrogens is 1. The second-order valence-corrected chi connectivity index (χ2v) is 4.78. The van der Waals surface area contributed by atoms with Crippen molar-refractivity contribution in [2.24, 2.45) is 0 Å². The van der Waals surface area contributed by atoms with Crippen LogP contribution in [0.2, 0.25) is 0 Å². The minimum atomic E-state index is -0.417. The van der Waals surface area contributed by atoms with Crippen molar-refractivity contribution in [3.8, 4) is 11.5 Å². The fourth-order valence-electron chi connectivity index (χ4n) is 2.15. The number of hydrogen-bond donors (Lipinski definition) is 4. The van der Waals surface area contributed by atoms with Crippen molar-refractivity contribution < 1.29 is 15.0 Å². The number of hydrogen-bond acceptors (Lipinski definition) is 5. The Morgan fingerprint density at radius 3 is 2.91 bits per heavy atom. The smallest absolute Gasteiger partial charge is 0.270 e. The Hall–Kier alpha value is -3.09. The lowest BCUT2D eigenvalue weighted by atomic mass is 10.1. The number of pyridine rings is 1. The van der Waals surface area contributed by atoms with E-state index >= 15 is 0 Å². The first-order chi connectivity index (χ1) is 10.6. The summed E-state index contributed by atoms with van der Waals surface area (Å²) in [5.74, 6) is -0.598. The first-order valence-electron chi connectivity index (χ1n) is 6.72. The lowest BCUT2D eigenvalue weighted by Gasteiger charge is -2.07. The van der Waals surface area contributed by atoms with E-state index in [1.165, 1.54) is 12.1 Å². The predicted octanol–water partition coefficient (Wildman–Crippen LogP) is 1.34. The highest BCUT2D eigenvalue weighted by molar-refractivity contribution is 5.98. The zero-order chi connectivity index (χ0) is 15.5. The van der Waals surface area contributed by atoms with Crippen molar-refractivity contribution in [3.05, 3.63) is 48.2 Å². The van der Waals surface area contributed by atoms with Crippen molar-refractivity contribution >= 4 is 16.8 Å². The van der Waals surface area contributed by atoms with E-state index in [0.717, 1.165) is 5.69 Å². The Balaban J connectivity index is 1.77. The van der Waals surface area contributed by atoms with E-state index in [4.69, 9.17) is 0 Å². The van der Waals surface area contributed by atoms with Crippen molar-refractivity contribution in [2.45, 2.75) is 6.42 Å². The quantitative estimate of drug-likeness (QED) is 0.581. The van der Waals surface area contributed by atoms with Crippen LogP contribution in [0.25, 0.3) is 10.9 Å². The summed E-state index contributed by atoms with van der Waals surface area (Å²) in [7, 11) is 0. The van der Waals surface area contributed by atoms with E-state index in [-0.39, 0.29) is 22.7 Å². The van der Waals surface area contributed by atoms with E-state index in [1.54, 1.807) is 24.7 Å². The molecule has 2 aromatic heterocycles. The number of nitrogens with zero attached hydrogens (tertiary/aromatic N) is 2. The molecule has 1 aromatic carbocycles. The Labute approximate surface area is 125 Å². The molecule has 112 valence electrons. The molecule has 0 aliphatic carbocycles. The van der Waals surface area contributed by atoms with Gasteiger partial charge in [-0.15, -0.1) is 0 Å². The molecule has 4 N–H and O–H groups in total. The molecule has 0 saturated heterocycles. The topological polar surface area (TPSA) is 111 Å². The molecule has 2 heterocycles. The molecule has 0 bridgehead atoms. The predicted molar refractivity (Wildman–Crippen MR) is 79.7 cm³/mol. The summed E-state index contributed by atoms with van der Waals surface area (Å²) in [5, 5.41) is 22.8. The molecule has 22 heavy (non-hydrogen) atoms. The van der Waals surface area contributed by atoms with Gasteiger partial charge in [0, 0.05) is 36.3 Å². The van der Waals surface area contributed by atoms with E-state index in [2.05, 4.69) is 20.3 Å². The lowest BCUT2D eigenvalue weighted by molar-refractivity contribution is 0.0949. The number of carbonyl (C=O) groups is 1. The highest BCUT2D eigenvalue weighted by Gasteiger charge is 2.13. The van der Waals surface area contributed by atoms with Crippen molar-refractivity contribution in [3.63, 3.8) is 0 Å². The van der Waals surface area contributed by atoms with E-state index < -0.39 is 5.91 Å². The van der Waals surface area contributed by atoms with Crippen LogP contribution in [0, 0.1) is 0 Å². The summed E-state index contributed by atoms with van der Waals surface area (Å²) >= 11 is 0. The van der Waals surface area contributed by atoms with Crippen LogP contribution in [-0.2, 0) is 6.42 Å². The molecule has 0 atom stereocenters. The summed E-state index contributed by atoms with van der Waals surface area (Å²) in [6.45, 7) is 0.405. The first kappa shape index (κ1) is 13.9. The average Bonchev–Trinajstić information content (AvgIpc) is 3.01. The fraction of sp³-hybridized carbons (Fsp3) is 0.133. The van der Waals surface area contributed by atoms with Gasteiger partial charge >= 0.3 is 0 Å². The molecule has 0 saturated carbocycles. The minimum Gasteiger partial charge on any atom is -0.507 e. The van der Waals surface area contributed by atoms with Gasteiger partial charge in [-0.2, -0.15) is 0 Å². The van der Waals surface area contributed by atoms with Gasteiger partial charge in [0.1, 0.15) is 22.7 Å². The normalized spacial score (nSPS) is 10.7. The van der Waals surface area contributed by atoms with Crippen LogP contribution in [-0.4, -0.2) is 37.6 Å². The van der Waals surface area contributed by atoms with Gasteiger partial charge in [0.15, 0.2) is 0 Å². The standard InChI is InChI=1S/C15H14N4O3/c20-12-3-1-2-10-13(21)6-11(19-14(10)12)15(22)17-5-4-9-7-16-8-18-9/h1-3,6-8,20H,4-5H2,(H,16,18)(H,17,22)(H,19,21). The largest absolute Gasteiger partial charge is 0.507 e. The number of para-hydroxylation sites is 1. The second kappa shape index (κ2) is 5.72. The monoisotopic (exact) mass is 298 g/mol. The third kappa shape index (κ3) is 2.69. The Kier molecular flexibility index (Phi) is 3.61. The number of fused-ring (bicyclic) bond motifs is 1. The number of amides is 1. The van der Waals surface area contributed by atoms with Gasteiger partial charge in [-0.1, -0.05) is 6.07 Å². The second-order valence-electron chi connectivity index (χ2n) is 4.78. The number of imidazole rings is 1. The molecule has 7 heteroatoms. The number of nitrogens with one attached hydrogen (secondary N) is 2. The number of aromatic hydroxyl groups is 2. The number of aromatic amines is 1. The van der Waals surface area contributed by atoms with E-state index in [0.29, 0.717) is 18.4 Å². The van der Waals surface area contributed by atoms with Crippen LogP contribution >= 0.6 is 0 Å². The van der Waals surface area contributed by atoms with Crippen LogP contribution in [0.4, 0.5) is 0 Å². The van der Waals surface area contributed by atoms with Crippen LogP contribution in [0.15, 0.2) is 36.8 Å². The van der Waals surface area contributed by atoms with E-state index in [9.17, 15) is 15.0 Å². The number of phenolic OH excluding ortho intramolecular Hbond substituents is 1. The minimum absolute atomic E-state index is 0.0520. The summed E-state index contributed by atoms with van der Waals surface area (Å²) in [5.41, 5.74) is 1.16. The zero-order valence-electron chi connectivity index (χ0n) is 11.6. The van der Waals surface area contributed by atoms with Crippen molar-refractivity contribution in [2.75, 3.05) is 6.54 Å². The van der Waals surface area contributed by atoms with Gasteiger partial charge < -0.3 is 20.5 Å². The summed E-state index contributed by atoms with van der Waals surface area (Å²) in [4.78, 5) is 23.0. The van der Waals surface area contributed by atoms with Gasteiger partial charge in [-0.3, -0.25) is 4.79 Å². The van der Waals surface area contributed by atoms with Gasteiger partial charge in [0.25, 0.3) is 5.91 Å². The Morgan fingerprint density at radius 1 is 1.27 bits per heavy atom. The SMILES string of the molecule is O=C(NCCc1cnc[nH]1)c1cc(O)c2cccc(O)c2n1. The maximum absolute atomic E-state index is 12.1. The van der Waals surface area contributed by atoms with Gasteiger partial charge in [-0.05, 0) is 12.1 Å². The lowest BCUT2D eigenvalue weighted by Crippen LogP contribution is -2.26. The maximum Gasteiger partial charge on any atom is 0.270 e. The van der Waals surface area contributed by atoms with Gasteiger partial charge in [-0.25, -0.2) is 9.97 Å². The highest BCUT2D eigenvalue weighted by Crippen LogP contribution is 2.29. The fourth-order valence-corrected chi connectivity index (χ4v) is 2.15. The number of rotatable bonds is 4. The van der Waals surface area contributed by atoms with Crippen molar-refractivity contribution in [1.29, 1.82) is 0 Å². The van der Waals surface area contributed by atoms with Crippen LogP contribution in [0.5, 0.6) is 11.5 Å². The average molecular weight is 298 g/mol. The number of aromatic nitrogens is 3. The summed E-state index contributed by atoms with van der Waals surface area (Å²) in [6, 6.07) is 5.96. The van der Waals surface area contributed by atoms with Crippen LogP contribution < -0.4 is 5.32 Å². The maximum atomic E-state index is 12.1. The molecule has 0 unspecified atom stereocenters. The third-order valence-corrected chi connectivity index (χ3v) is 3.26. The molecule has 0 spiro atoms. The molecule has 1 amide bonds. The molecule has 3 rings (SSSR count). The summed E-state index contributed by atoms with van der Waals surface area (Å²) < 4.78 is 0. The molecular weight excluding hydrogens is 284 g/mol. The third-order valence-electron chi connectivity index (χ3n) is 3.26.